The first-order chi connectivity index (χ1) is 13.2. The highest BCUT2D eigenvalue weighted by molar-refractivity contribution is 9.10. The molecule has 0 radical (unpaired) electrons. The van der Waals surface area contributed by atoms with Gasteiger partial charge in [-0.25, -0.2) is 13.8 Å². The molecule has 2 aromatic rings. The minimum absolute atomic E-state index is 0.204. The van der Waals surface area contributed by atoms with E-state index in [1.54, 1.807) is 19.1 Å². The lowest BCUT2D eigenvalue weighted by molar-refractivity contribution is -0.119. The Balaban J connectivity index is 2.17. The van der Waals surface area contributed by atoms with Gasteiger partial charge in [0, 0.05) is 12.1 Å². The fourth-order valence-corrected chi connectivity index (χ4v) is 3.42. The van der Waals surface area contributed by atoms with E-state index in [1.165, 1.54) is 32.6 Å². The number of benzene rings is 1. The molecule has 0 saturated carbocycles. The van der Waals surface area contributed by atoms with E-state index in [1.807, 2.05) is 0 Å². The summed E-state index contributed by atoms with van der Waals surface area (Å²) in [6.07, 6.45) is 2.31. The lowest BCUT2D eigenvalue weighted by atomic mass is 10.2. The van der Waals surface area contributed by atoms with Crippen LogP contribution in [0.3, 0.4) is 0 Å². The van der Waals surface area contributed by atoms with Gasteiger partial charge in [-0.3, -0.25) is 9.10 Å². The number of hydrogen-bond acceptors (Lipinski definition) is 7. The Hall–Kier alpha value is -2.53. The maximum atomic E-state index is 12.2. The Bertz CT molecular complexity index is 967. The zero-order valence-corrected chi connectivity index (χ0v) is 18.1. The molecule has 1 aromatic carbocycles. The normalized spacial score (nSPS) is 11.5. The van der Waals surface area contributed by atoms with Crippen LogP contribution in [0, 0.1) is 6.92 Å². The quantitative estimate of drug-likeness (QED) is 0.465. The summed E-state index contributed by atoms with van der Waals surface area (Å²) in [6.45, 7) is 1.28. The first kappa shape index (κ1) is 21.8. The average Bonchev–Trinajstić information content (AvgIpc) is 2.96. The van der Waals surface area contributed by atoms with E-state index in [2.05, 4.69) is 26.5 Å². The molecular weight excluding hydrogens is 454 g/mol. The SMILES string of the molecule is COc1ccc(N(CC(=O)N/N=C\c2cc(Br)c(C)o2)S(C)(=O)=O)c(OC)c1. The lowest BCUT2D eigenvalue weighted by Gasteiger charge is -2.23. The van der Waals surface area contributed by atoms with Crippen molar-refractivity contribution in [2.45, 2.75) is 6.92 Å². The number of nitrogens with one attached hydrogen (secondary N) is 1. The second kappa shape index (κ2) is 9.11. The van der Waals surface area contributed by atoms with E-state index in [9.17, 15) is 13.2 Å². The summed E-state index contributed by atoms with van der Waals surface area (Å²) in [7, 11) is -0.895. The largest absolute Gasteiger partial charge is 0.497 e. The molecule has 9 nitrogen and oxygen atoms in total. The summed E-state index contributed by atoms with van der Waals surface area (Å²) in [5, 5.41) is 3.78. The van der Waals surface area contributed by atoms with Gasteiger partial charge >= 0.3 is 0 Å². The van der Waals surface area contributed by atoms with E-state index < -0.39 is 22.5 Å². The second-order valence-electron chi connectivity index (χ2n) is 5.65. The van der Waals surface area contributed by atoms with Gasteiger partial charge in [0.25, 0.3) is 5.91 Å². The van der Waals surface area contributed by atoms with Gasteiger partial charge in [0.1, 0.15) is 29.6 Å². The second-order valence-corrected chi connectivity index (χ2v) is 8.41. The zero-order chi connectivity index (χ0) is 20.9. The van der Waals surface area contributed by atoms with Crippen molar-refractivity contribution in [2.24, 2.45) is 5.10 Å². The molecular formula is C17H20BrN3O6S. The Morgan fingerprint density at radius 2 is 2.04 bits per heavy atom. The van der Waals surface area contributed by atoms with Crippen molar-refractivity contribution >= 4 is 43.8 Å². The summed E-state index contributed by atoms with van der Waals surface area (Å²) in [4.78, 5) is 12.2. The Labute approximate surface area is 171 Å². The zero-order valence-electron chi connectivity index (χ0n) is 15.7. The number of hydrogen-bond donors (Lipinski definition) is 1. The standard InChI is InChI=1S/C17H20BrN3O6S/c1-11-14(18)7-13(27-11)9-19-20-17(22)10-21(28(4,23)24)15-6-5-12(25-2)8-16(15)26-3/h5-9H,10H2,1-4H3,(H,20,22)/b19-9-. The van der Waals surface area contributed by atoms with Crippen molar-refractivity contribution in [2.75, 3.05) is 31.3 Å². The fourth-order valence-electron chi connectivity index (χ4n) is 2.25. The molecule has 0 saturated heterocycles. The van der Waals surface area contributed by atoms with Gasteiger partial charge in [-0.15, -0.1) is 0 Å². The number of sulfonamides is 1. The average molecular weight is 474 g/mol. The molecule has 1 amide bonds. The van der Waals surface area contributed by atoms with Gasteiger partial charge in [0.05, 0.1) is 36.9 Å². The van der Waals surface area contributed by atoms with Crippen LogP contribution in [-0.2, 0) is 14.8 Å². The van der Waals surface area contributed by atoms with Crippen LogP contribution in [0.15, 0.2) is 38.3 Å². The van der Waals surface area contributed by atoms with Crippen molar-refractivity contribution in [3.05, 3.63) is 40.3 Å². The lowest BCUT2D eigenvalue weighted by Crippen LogP contribution is -2.39. The molecule has 0 spiro atoms. The summed E-state index contributed by atoms with van der Waals surface area (Å²) in [5.41, 5.74) is 2.48. The number of hydrazone groups is 1. The number of aryl methyl sites for hydroxylation is 1. The number of carbonyl (C=O) groups excluding carboxylic acids is 1. The van der Waals surface area contributed by atoms with E-state index in [-0.39, 0.29) is 11.4 Å². The van der Waals surface area contributed by atoms with E-state index in [4.69, 9.17) is 13.9 Å². The molecule has 2 rings (SSSR count). The smallest absolute Gasteiger partial charge is 0.260 e. The molecule has 1 N–H and O–H groups in total. The summed E-state index contributed by atoms with van der Waals surface area (Å²) < 4.78 is 41.9. The van der Waals surface area contributed by atoms with Crippen molar-refractivity contribution in [3.8, 4) is 11.5 Å². The number of nitrogens with zero attached hydrogens (tertiary/aromatic N) is 2. The molecule has 0 atom stereocenters. The molecule has 0 unspecified atom stereocenters. The van der Waals surface area contributed by atoms with Crippen molar-refractivity contribution in [1.82, 2.24) is 5.43 Å². The van der Waals surface area contributed by atoms with Gasteiger partial charge in [0.2, 0.25) is 10.0 Å². The number of amides is 1. The van der Waals surface area contributed by atoms with Crippen LogP contribution in [-0.4, -0.2) is 47.6 Å². The van der Waals surface area contributed by atoms with E-state index >= 15 is 0 Å². The number of carbonyl (C=O) groups is 1. The molecule has 0 fully saturated rings. The van der Waals surface area contributed by atoms with Gasteiger partial charge in [0.15, 0.2) is 0 Å². The topological polar surface area (TPSA) is 110 Å². The molecule has 0 aliphatic carbocycles. The van der Waals surface area contributed by atoms with Crippen molar-refractivity contribution < 1.29 is 27.1 Å². The monoisotopic (exact) mass is 473 g/mol. The minimum atomic E-state index is -3.77. The third kappa shape index (κ3) is 5.49. The summed E-state index contributed by atoms with van der Waals surface area (Å²) in [5.74, 6) is 1.20. The molecule has 152 valence electrons. The predicted octanol–water partition coefficient (Wildman–Crippen LogP) is 2.28. The van der Waals surface area contributed by atoms with Crippen LogP contribution in [0.5, 0.6) is 11.5 Å². The molecule has 0 bridgehead atoms. The van der Waals surface area contributed by atoms with E-state index in [0.29, 0.717) is 17.3 Å². The van der Waals surface area contributed by atoms with E-state index in [0.717, 1.165) is 15.0 Å². The Morgan fingerprint density at radius 3 is 2.57 bits per heavy atom. The first-order valence-corrected chi connectivity index (χ1v) is 10.6. The molecule has 1 aromatic heterocycles. The number of furan rings is 1. The third-order valence-corrected chi connectivity index (χ3v) is 5.51. The van der Waals surface area contributed by atoms with Crippen molar-refractivity contribution in [1.29, 1.82) is 0 Å². The first-order valence-electron chi connectivity index (χ1n) is 7.93. The van der Waals surface area contributed by atoms with Gasteiger partial charge in [-0.05, 0) is 35.0 Å². The highest BCUT2D eigenvalue weighted by Crippen LogP contribution is 2.33. The van der Waals surface area contributed by atoms with Gasteiger partial charge < -0.3 is 13.9 Å². The molecule has 1 heterocycles. The molecule has 0 aliphatic rings. The summed E-state index contributed by atoms with van der Waals surface area (Å²) >= 11 is 3.30. The number of halogens is 1. The highest BCUT2D eigenvalue weighted by Gasteiger charge is 2.24. The fraction of sp³-hybridized carbons (Fsp3) is 0.294. The summed E-state index contributed by atoms with van der Waals surface area (Å²) in [6, 6.07) is 6.29. The predicted molar refractivity (Wildman–Crippen MR) is 109 cm³/mol. The third-order valence-electron chi connectivity index (χ3n) is 3.60. The minimum Gasteiger partial charge on any atom is -0.497 e. The van der Waals surface area contributed by atoms with Gasteiger partial charge in [-0.2, -0.15) is 5.10 Å². The van der Waals surface area contributed by atoms with Crippen LogP contribution < -0.4 is 19.2 Å². The van der Waals surface area contributed by atoms with Crippen LogP contribution in [0.4, 0.5) is 5.69 Å². The molecule has 11 heteroatoms. The Kier molecular flexibility index (Phi) is 7.08. The van der Waals surface area contributed by atoms with Crippen LogP contribution in [0.2, 0.25) is 0 Å². The van der Waals surface area contributed by atoms with Crippen LogP contribution in [0.25, 0.3) is 0 Å². The number of methoxy groups -OCH3 is 2. The van der Waals surface area contributed by atoms with Crippen LogP contribution >= 0.6 is 15.9 Å². The van der Waals surface area contributed by atoms with Gasteiger partial charge in [-0.1, -0.05) is 0 Å². The maximum Gasteiger partial charge on any atom is 0.260 e. The van der Waals surface area contributed by atoms with Crippen LogP contribution in [0.1, 0.15) is 11.5 Å². The number of rotatable bonds is 8. The molecule has 0 aliphatic heterocycles. The highest BCUT2D eigenvalue weighted by atomic mass is 79.9. The van der Waals surface area contributed by atoms with Crippen molar-refractivity contribution in [3.63, 3.8) is 0 Å². The number of ether oxygens (including phenoxy) is 2. The Morgan fingerprint density at radius 1 is 1.32 bits per heavy atom. The number of anilines is 1. The molecule has 28 heavy (non-hydrogen) atoms. The maximum absolute atomic E-state index is 12.2.